The van der Waals surface area contributed by atoms with Crippen LogP contribution in [0.5, 0.6) is 0 Å². The lowest BCUT2D eigenvalue weighted by Crippen LogP contribution is -2.28. The van der Waals surface area contributed by atoms with Crippen LogP contribution in [0.3, 0.4) is 0 Å². The van der Waals surface area contributed by atoms with Crippen LogP contribution in [0.2, 0.25) is 5.02 Å². The Morgan fingerprint density at radius 2 is 2.11 bits per heavy atom. The van der Waals surface area contributed by atoms with Gasteiger partial charge in [-0.05, 0) is 37.0 Å². The molecule has 108 valence electrons. The molecule has 0 saturated carbocycles. The van der Waals surface area contributed by atoms with Crippen molar-refractivity contribution in [3.8, 4) is 0 Å². The van der Waals surface area contributed by atoms with Crippen LogP contribution in [0.4, 0.5) is 0 Å². The van der Waals surface area contributed by atoms with Gasteiger partial charge in [0, 0.05) is 16.8 Å². The van der Waals surface area contributed by atoms with E-state index in [4.69, 9.17) is 17.4 Å². The molecule has 0 saturated heterocycles. The van der Waals surface area contributed by atoms with Crippen LogP contribution >= 0.6 is 11.6 Å². The summed E-state index contributed by atoms with van der Waals surface area (Å²) in [4.78, 5) is 0. The Morgan fingerprint density at radius 3 is 2.63 bits per heavy atom. The van der Waals surface area contributed by atoms with Crippen LogP contribution in [-0.2, 0) is 9.84 Å². The molecule has 19 heavy (non-hydrogen) atoms. The van der Waals surface area contributed by atoms with Gasteiger partial charge in [-0.25, -0.2) is 8.42 Å². The summed E-state index contributed by atoms with van der Waals surface area (Å²) in [6, 6.07) is 5.69. The van der Waals surface area contributed by atoms with E-state index in [9.17, 15) is 8.42 Å². The van der Waals surface area contributed by atoms with Gasteiger partial charge in [-0.2, -0.15) is 0 Å². The molecule has 0 fully saturated rings. The van der Waals surface area contributed by atoms with Gasteiger partial charge in [0.2, 0.25) is 0 Å². The van der Waals surface area contributed by atoms with E-state index in [1.54, 1.807) is 6.92 Å². The molecule has 0 bridgehead atoms. The maximum atomic E-state index is 11.4. The summed E-state index contributed by atoms with van der Waals surface area (Å²) in [5, 5.41) is 0.693. The molecule has 1 rings (SSSR count). The first kappa shape index (κ1) is 16.4. The lowest BCUT2D eigenvalue weighted by atomic mass is 10.0. The van der Waals surface area contributed by atoms with Crippen LogP contribution in [0.15, 0.2) is 18.2 Å². The Kier molecular flexibility index (Phi) is 6.26. The Labute approximate surface area is 120 Å². The molecule has 0 spiro atoms. The van der Waals surface area contributed by atoms with Gasteiger partial charge in [-0.1, -0.05) is 30.7 Å². The number of hydrogen-bond acceptors (Lipinski definition) is 4. The number of sulfone groups is 1. The van der Waals surface area contributed by atoms with Gasteiger partial charge in [-0.3, -0.25) is 11.3 Å². The average molecular weight is 305 g/mol. The van der Waals surface area contributed by atoms with Gasteiger partial charge in [-0.15, -0.1) is 0 Å². The molecule has 0 aliphatic carbocycles. The fraction of sp³-hybridized carbons (Fsp3) is 0.538. The zero-order chi connectivity index (χ0) is 14.5. The summed E-state index contributed by atoms with van der Waals surface area (Å²) in [5.74, 6) is 5.91. The smallest absolute Gasteiger partial charge is 0.150 e. The summed E-state index contributed by atoms with van der Waals surface area (Å²) >= 11 is 6.08. The number of nitrogens with two attached hydrogens (primary N) is 1. The largest absolute Gasteiger partial charge is 0.271 e. The van der Waals surface area contributed by atoms with E-state index >= 15 is 0 Å². The fourth-order valence-corrected chi connectivity index (χ4v) is 2.91. The number of aryl methyl sites for hydroxylation is 1. The predicted molar refractivity (Wildman–Crippen MR) is 79.8 cm³/mol. The van der Waals surface area contributed by atoms with E-state index in [0.29, 0.717) is 17.9 Å². The van der Waals surface area contributed by atoms with Gasteiger partial charge >= 0.3 is 0 Å². The predicted octanol–water partition coefficient (Wildman–Crippen LogP) is 2.37. The normalized spacial score (nSPS) is 13.5. The van der Waals surface area contributed by atoms with Crippen molar-refractivity contribution in [2.24, 2.45) is 5.84 Å². The lowest BCUT2D eigenvalue weighted by Gasteiger charge is -2.17. The molecular formula is C13H21ClN2O2S. The molecule has 1 aromatic carbocycles. The third kappa shape index (κ3) is 5.10. The van der Waals surface area contributed by atoms with E-state index < -0.39 is 9.84 Å². The van der Waals surface area contributed by atoms with Crippen molar-refractivity contribution in [2.75, 3.05) is 11.5 Å². The van der Waals surface area contributed by atoms with Crippen molar-refractivity contribution in [1.29, 1.82) is 0 Å². The van der Waals surface area contributed by atoms with E-state index in [1.807, 2.05) is 25.1 Å². The summed E-state index contributed by atoms with van der Waals surface area (Å²) in [5.41, 5.74) is 4.70. The van der Waals surface area contributed by atoms with Crippen LogP contribution in [0.25, 0.3) is 0 Å². The average Bonchev–Trinajstić information content (AvgIpc) is 2.38. The standard InChI is InChI=1S/C13H21ClN2O2S/c1-3-19(17,18)8-4-5-13(16-15)11-7-6-10(2)12(14)9-11/h6-7,9,13,16H,3-5,8,15H2,1-2H3. The summed E-state index contributed by atoms with van der Waals surface area (Å²) in [6.45, 7) is 3.60. The molecule has 1 aromatic rings. The van der Waals surface area contributed by atoms with Crippen molar-refractivity contribution in [3.63, 3.8) is 0 Å². The molecule has 0 amide bonds. The fourth-order valence-electron chi connectivity index (χ4n) is 1.82. The SMILES string of the molecule is CCS(=O)(=O)CCCC(NN)c1ccc(C)c(Cl)c1. The van der Waals surface area contributed by atoms with Gasteiger partial charge in [0.25, 0.3) is 0 Å². The second-order valence-corrected chi connectivity index (χ2v) is 7.49. The van der Waals surface area contributed by atoms with Crippen LogP contribution in [-0.4, -0.2) is 19.9 Å². The van der Waals surface area contributed by atoms with Gasteiger partial charge in [0.15, 0.2) is 0 Å². The highest BCUT2D eigenvalue weighted by Crippen LogP contribution is 2.24. The quantitative estimate of drug-likeness (QED) is 0.599. The minimum atomic E-state index is -2.92. The Balaban J connectivity index is 2.66. The molecule has 0 heterocycles. The first-order valence-corrected chi connectivity index (χ1v) is 8.52. The summed E-state index contributed by atoms with van der Waals surface area (Å²) < 4.78 is 22.9. The van der Waals surface area contributed by atoms with Gasteiger partial charge in [0.05, 0.1) is 5.75 Å². The molecule has 1 atom stereocenters. The Hall–Kier alpha value is -0.620. The first-order valence-electron chi connectivity index (χ1n) is 6.32. The lowest BCUT2D eigenvalue weighted by molar-refractivity contribution is 0.507. The molecule has 0 aliphatic heterocycles. The summed E-state index contributed by atoms with van der Waals surface area (Å²) in [7, 11) is -2.92. The highest BCUT2D eigenvalue weighted by Gasteiger charge is 2.13. The molecular weight excluding hydrogens is 284 g/mol. The highest BCUT2D eigenvalue weighted by atomic mass is 35.5. The number of rotatable bonds is 7. The summed E-state index contributed by atoms with van der Waals surface area (Å²) in [6.07, 6.45) is 1.24. The van der Waals surface area contributed by atoms with Crippen molar-refractivity contribution < 1.29 is 8.42 Å². The molecule has 0 aliphatic rings. The molecule has 4 nitrogen and oxygen atoms in total. The topological polar surface area (TPSA) is 72.2 Å². The van der Waals surface area contributed by atoms with Crippen molar-refractivity contribution in [2.45, 2.75) is 32.7 Å². The highest BCUT2D eigenvalue weighted by molar-refractivity contribution is 7.91. The van der Waals surface area contributed by atoms with Crippen molar-refractivity contribution in [1.82, 2.24) is 5.43 Å². The van der Waals surface area contributed by atoms with Crippen LogP contribution in [0, 0.1) is 6.92 Å². The molecule has 1 unspecified atom stereocenters. The minimum absolute atomic E-state index is 0.0786. The molecule has 3 N–H and O–H groups in total. The van der Waals surface area contributed by atoms with Gasteiger partial charge < -0.3 is 0 Å². The minimum Gasteiger partial charge on any atom is -0.271 e. The Bertz CT molecular complexity index is 517. The molecule has 0 radical (unpaired) electrons. The van der Waals surface area contributed by atoms with Crippen molar-refractivity contribution >= 4 is 21.4 Å². The maximum absolute atomic E-state index is 11.4. The number of halogens is 1. The molecule has 0 aromatic heterocycles. The number of hydrogen-bond donors (Lipinski definition) is 2. The zero-order valence-electron chi connectivity index (χ0n) is 11.3. The zero-order valence-corrected chi connectivity index (χ0v) is 12.9. The van der Waals surface area contributed by atoms with E-state index in [0.717, 1.165) is 11.1 Å². The van der Waals surface area contributed by atoms with E-state index in [2.05, 4.69) is 5.43 Å². The number of hydrazine groups is 1. The monoisotopic (exact) mass is 304 g/mol. The third-order valence-electron chi connectivity index (χ3n) is 3.19. The van der Waals surface area contributed by atoms with Crippen molar-refractivity contribution in [3.05, 3.63) is 34.3 Å². The number of benzene rings is 1. The molecule has 6 heteroatoms. The van der Waals surface area contributed by atoms with Crippen LogP contribution < -0.4 is 11.3 Å². The van der Waals surface area contributed by atoms with E-state index in [1.165, 1.54) is 0 Å². The second kappa shape index (κ2) is 7.24. The number of nitrogens with one attached hydrogen (secondary N) is 1. The maximum Gasteiger partial charge on any atom is 0.150 e. The second-order valence-electron chi connectivity index (χ2n) is 4.61. The first-order chi connectivity index (χ1) is 8.89. The third-order valence-corrected chi connectivity index (χ3v) is 5.38. The van der Waals surface area contributed by atoms with Crippen LogP contribution in [0.1, 0.15) is 36.9 Å². The van der Waals surface area contributed by atoms with E-state index in [-0.39, 0.29) is 17.5 Å². The van der Waals surface area contributed by atoms with Gasteiger partial charge in [0.1, 0.15) is 9.84 Å². The Morgan fingerprint density at radius 1 is 1.42 bits per heavy atom.